The second-order valence-corrected chi connectivity index (χ2v) is 7.93. The number of nitrogens with one attached hydrogen (secondary N) is 2. The van der Waals surface area contributed by atoms with Crippen LogP contribution in [0.5, 0.6) is 5.75 Å². The Morgan fingerprint density at radius 2 is 1.74 bits per heavy atom. The first-order chi connectivity index (χ1) is 14.9. The number of thioether (sulfide) groups is 1. The Hall–Kier alpha value is -3.59. The molecule has 2 aromatic heterocycles. The van der Waals surface area contributed by atoms with Gasteiger partial charge >= 0.3 is 0 Å². The van der Waals surface area contributed by atoms with Crippen LogP contribution in [0.3, 0.4) is 0 Å². The second kappa shape index (κ2) is 8.65. The number of aromatic nitrogens is 3. The maximum Gasteiger partial charge on any atom is 0.234 e. The van der Waals surface area contributed by atoms with Crippen LogP contribution in [-0.4, -0.2) is 39.3 Å². The Bertz CT molecular complexity index is 1280. The molecule has 2 N–H and O–H groups in total. The van der Waals surface area contributed by atoms with Crippen molar-refractivity contribution in [3.63, 3.8) is 0 Å². The maximum absolute atomic E-state index is 12.4. The van der Waals surface area contributed by atoms with Gasteiger partial charge in [-0.1, -0.05) is 11.8 Å². The van der Waals surface area contributed by atoms with Gasteiger partial charge in [-0.3, -0.25) is 14.0 Å². The van der Waals surface area contributed by atoms with E-state index in [9.17, 15) is 9.59 Å². The molecule has 0 aliphatic rings. The van der Waals surface area contributed by atoms with Crippen LogP contribution in [0.25, 0.3) is 16.6 Å². The lowest BCUT2D eigenvalue weighted by Gasteiger charge is -2.09. The molecule has 9 heteroatoms. The van der Waals surface area contributed by atoms with E-state index >= 15 is 0 Å². The third kappa shape index (κ3) is 4.46. The van der Waals surface area contributed by atoms with Crippen LogP contribution in [0.4, 0.5) is 11.4 Å². The highest BCUT2D eigenvalue weighted by atomic mass is 32.2. The smallest absolute Gasteiger partial charge is 0.234 e. The number of carbonyl (C=O) groups excluding carboxylic acids is 2. The molecule has 31 heavy (non-hydrogen) atoms. The fraction of sp³-hybridized carbons (Fsp3) is 0.182. The molecule has 0 aliphatic heterocycles. The summed E-state index contributed by atoms with van der Waals surface area (Å²) >= 11 is 1.32. The standard InChI is InChI=1S/C22H21N5O3S/c1-13-10-15-11-18(30-3)8-9-19(15)27-21(13)25-26-22(27)31-12-20(29)24-17-6-4-16(5-7-17)23-14(2)28/h4-11H,12H2,1-3H3,(H,23,28)(H,24,29). The zero-order valence-corrected chi connectivity index (χ0v) is 18.1. The first kappa shape index (κ1) is 20.7. The number of hydrogen-bond donors (Lipinski definition) is 2. The number of methoxy groups -OCH3 is 1. The number of aryl methyl sites for hydroxylation is 1. The largest absolute Gasteiger partial charge is 0.497 e. The molecule has 0 radical (unpaired) electrons. The molecule has 2 heterocycles. The Balaban J connectivity index is 1.51. The lowest BCUT2D eigenvalue weighted by Crippen LogP contribution is -2.14. The molecule has 0 spiro atoms. The molecular weight excluding hydrogens is 414 g/mol. The zero-order chi connectivity index (χ0) is 22.0. The molecule has 0 atom stereocenters. The summed E-state index contributed by atoms with van der Waals surface area (Å²) in [6.45, 7) is 3.43. The van der Waals surface area contributed by atoms with Gasteiger partial charge in [0.1, 0.15) is 5.75 Å². The predicted molar refractivity (Wildman–Crippen MR) is 122 cm³/mol. The predicted octanol–water partition coefficient (Wildman–Crippen LogP) is 3.89. The quantitative estimate of drug-likeness (QED) is 0.446. The van der Waals surface area contributed by atoms with Gasteiger partial charge in [0, 0.05) is 23.7 Å². The van der Waals surface area contributed by atoms with Crippen LogP contribution >= 0.6 is 11.8 Å². The highest BCUT2D eigenvalue weighted by molar-refractivity contribution is 7.99. The van der Waals surface area contributed by atoms with Gasteiger partial charge in [0.15, 0.2) is 10.8 Å². The first-order valence-corrected chi connectivity index (χ1v) is 10.6. The molecule has 2 amide bonds. The summed E-state index contributed by atoms with van der Waals surface area (Å²) in [6, 6.07) is 14.8. The van der Waals surface area contributed by atoms with Crippen molar-refractivity contribution in [2.45, 2.75) is 19.0 Å². The van der Waals surface area contributed by atoms with E-state index in [1.165, 1.54) is 18.7 Å². The number of pyridine rings is 1. The molecule has 0 bridgehead atoms. The van der Waals surface area contributed by atoms with Gasteiger partial charge in [0.05, 0.1) is 18.4 Å². The molecule has 0 fully saturated rings. The average molecular weight is 436 g/mol. The molecule has 158 valence electrons. The van der Waals surface area contributed by atoms with Crippen molar-refractivity contribution in [1.82, 2.24) is 14.6 Å². The van der Waals surface area contributed by atoms with Gasteiger partial charge in [-0.25, -0.2) is 0 Å². The van der Waals surface area contributed by atoms with Crippen molar-refractivity contribution < 1.29 is 14.3 Å². The van der Waals surface area contributed by atoms with E-state index < -0.39 is 0 Å². The molecule has 0 unspecified atom stereocenters. The summed E-state index contributed by atoms with van der Waals surface area (Å²) in [5.74, 6) is 0.653. The number of ether oxygens (including phenoxy) is 1. The Labute approximate surface area is 183 Å². The summed E-state index contributed by atoms with van der Waals surface area (Å²) < 4.78 is 7.29. The minimum atomic E-state index is -0.160. The van der Waals surface area contributed by atoms with Gasteiger partial charge < -0.3 is 15.4 Å². The molecular formula is C22H21N5O3S. The number of fused-ring (bicyclic) bond motifs is 3. The Kier molecular flexibility index (Phi) is 5.77. The van der Waals surface area contributed by atoms with Crippen molar-refractivity contribution >= 4 is 51.5 Å². The number of nitrogens with zero attached hydrogens (tertiary/aromatic N) is 3. The number of anilines is 2. The fourth-order valence-corrected chi connectivity index (χ4v) is 4.02. The van der Waals surface area contributed by atoms with Gasteiger partial charge in [-0.05, 0) is 61.0 Å². The van der Waals surface area contributed by atoms with Crippen LogP contribution in [0, 0.1) is 6.92 Å². The minimum Gasteiger partial charge on any atom is -0.497 e. The van der Waals surface area contributed by atoms with E-state index in [-0.39, 0.29) is 17.6 Å². The molecule has 0 saturated carbocycles. The molecule has 0 aliphatic carbocycles. The van der Waals surface area contributed by atoms with Crippen LogP contribution < -0.4 is 15.4 Å². The minimum absolute atomic E-state index is 0.144. The second-order valence-electron chi connectivity index (χ2n) is 6.99. The van der Waals surface area contributed by atoms with Gasteiger partial charge in [-0.2, -0.15) is 0 Å². The third-order valence-electron chi connectivity index (χ3n) is 4.66. The van der Waals surface area contributed by atoms with Crippen molar-refractivity contribution in [2.24, 2.45) is 0 Å². The van der Waals surface area contributed by atoms with Gasteiger partial charge in [0.2, 0.25) is 11.8 Å². The first-order valence-electron chi connectivity index (χ1n) is 9.57. The molecule has 4 rings (SSSR count). The number of amides is 2. The number of rotatable bonds is 6. The van der Waals surface area contributed by atoms with Crippen molar-refractivity contribution in [3.05, 3.63) is 54.1 Å². The summed E-state index contributed by atoms with van der Waals surface area (Å²) in [4.78, 5) is 23.5. The van der Waals surface area contributed by atoms with E-state index in [0.29, 0.717) is 16.5 Å². The topological polar surface area (TPSA) is 97.6 Å². The molecule has 0 saturated heterocycles. The summed E-state index contributed by atoms with van der Waals surface area (Å²) in [5, 5.41) is 15.8. The number of carbonyl (C=O) groups is 2. The molecule has 8 nitrogen and oxygen atoms in total. The summed E-state index contributed by atoms with van der Waals surface area (Å²) in [7, 11) is 1.64. The highest BCUT2D eigenvalue weighted by Gasteiger charge is 2.14. The number of hydrogen-bond acceptors (Lipinski definition) is 6. The van der Waals surface area contributed by atoms with Crippen LogP contribution in [0.2, 0.25) is 0 Å². The van der Waals surface area contributed by atoms with E-state index in [2.05, 4.69) is 20.8 Å². The zero-order valence-electron chi connectivity index (χ0n) is 17.3. The van der Waals surface area contributed by atoms with Gasteiger partial charge in [-0.15, -0.1) is 10.2 Å². The third-order valence-corrected chi connectivity index (χ3v) is 5.58. The fourth-order valence-electron chi connectivity index (χ4n) is 3.28. The average Bonchev–Trinajstić information content (AvgIpc) is 3.18. The van der Waals surface area contributed by atoms with Crippen LogP contribution in [0.15, 0.2) is 53.7 Å². The molecule has 2 aromatic carbocycles. The van der Waals surface area contributed by atoms with Crippen molar-refractivity contribution in [2.75, 3.05) is 23.5 Å². The maximum atomic E-state index is 12.4. The lowest BCUT2D eigenvalue weighted by atomic mass is 10.1. The monoisotopic (exact) mass is 435 g/mol. The SMILES string of the molecule is COc1ccc2c(c1)cc(C)c1nnc(SCC(=O)Nc3ccc(NC(C)=O)cc3)n12. The Morgan fingerprint density at radius 1 is 1.03 bits per heavy atom. The van der Waals surface area contributed by atoms with E-state index in [1.807, 2.05) is 35.6 Å². The van der Waals surface area contributed by atoms with Crippen molar-refractivity contribution in [1.29, 1.82) is 0 Å². The summed E-state index contributed by atoms with van der Waals surface area (Å²) in [5.41, 5.74) is 4.02. The van der Waals surface area contributed by atoms with E-state index in [4.69, 9.17) is 4.74 Å². The molecule has 4 aromatic rings. The van der Waals surface area contributed by atoms with E-state index in [0.717, 1.165) is 27.9 Å². The Morgan fingerprint density at radius 3 is 2.42 bits per heavy atom. The van der Waals surface area contributed by atoms with Crippen LogP contribution in [-0.2, 0) is 9.59 Å². The number of benzene rings is 2. The van der Waals surface area contributed by atoms with Gasteiger partial charge in [0.25, 0.3) is 0 Å². The van der Waals surface area contributed by atoms with Crippen LogP contribution in [0.1, 0.15) is 12.5 Å². The van der Waals surface area contributed by atoms with Crippen molar-refractivity contribution in [3.8, 4) is 5.75 Å². The van der Waals surface area contributed by atoms with E-state index in [1.54, 1.807) is 31.4 Å². The summed E-state index contributed by atoms with van der Waals surface area (Å²) in [6.07, 6.45) is 0. The highest BCUT2D eigenvalue weighted by Crippen LogP contribution is 2.28. The normalized spacial score (nSPS) is 10.9. The lowest BCUT2D eigenvalue weighted by molar-refractivity contribution is -0.114.